The highest BCUT2D eigenvalue weighted by Gasteiger charge is 2.18. The Bertz CT molecular complexity index is 1140. The van der Waals surface area contributed by atoms with Gasteiger partial charge in [-0.3, -0.25) is 4.79 Å². The number of imidazole rings is 1. The number of thioether (sulfide) groups is 1. The van der Waals surface area contributed by atoms with Crippen molar-refractivity contribution in [3.8, 4) is 21.1 Å². The molecule has 0 fully saturated rings. The highest BCUT2D eigenvalue weighted by molar-refractivity contribution is 7.99. The van der Waals surface area contributed by atoms with Gasteiger partial charge in [-0.1, -0.05) is 30.0 Å². The number of nitrogens with one attached hydrogen (secondary N) is 1. The molecule has 1 aliphatic rings. The molecule has 4 aromatic rings. The first-order chi connectivity index (χ1) is 13.7. The lowest BCUT2D eigenvalue weighted by atomic mass is 10.1. The Morgan fingerprint density at radius 1 is 1.21 bits per heavy atom. The fourth-order valence-electron chi connectivity index (χ4n) is 3.11. The molecule has 0 radical (unpaired) electrons. The fourth-order valence-corrected chi connectivity index (χ4v) is 5.81. The van der Waals surface area contributed by atoms with Gasteiger partial charge in [0.25, 0.3) is 5.91 Å². The fraction of sp³-hybridized carbons (Fsp3) is 0.150. The Labute approximate surface area is 174 Å². The molecule has 0 atom stereocenters. The zero-order valence-corrected chi connectivity index (χ0v) is 17.5. The summed E-state index contributed by atoms with van der Waals surface area (Å²) in [6.45, 7) is 2.88. The average Bonchev–Trinajstić information content (AvgIpc) is 3.45. The van der Waals surface area contributed by atoms with Crippen LogP contribution in [0, 0.1) is 6.92 Å². The van der Waals surface area contributed by atoms with Crippen molar-refractivity contribution >= 4 is 46.0 Å². The molecule has 0 spiro atoms. The highest BCUT2D eigenvalue weighted by Crippen LogP contribution is 2.32. The standard InChI is InChI=1S/C20H16N4OS3/c1-12-17(28-19(21-12)16-6-3-8-26-16)18(25)22-14-5-2-4-13(10-14)15-11-24-7-9-27-20(24)23-15/h2-6,8,10-11H,7,9H2,1H3,(H,22,25). The Morgan fingerprint density at radius 3 is 2.96 bits per heavy atom. The van der Waals surface area contributed by atoms with Crippen LogP contribution in [0.15, 0.2) is 53.1 Å². The molecule has 3 aromatic heterocycles. The first-order valence-electron chi connectivity index (χ1n) is 8.80. The van der Waals surface area contributed by atoms with E-state index in [1.54, 1.807) is 23.1 Å². The summed E-state index contributed by atoms with van der Waals surface area (Å²) in [7, 11) is 0. The molecule has 140 valence electrons. The molecule has 28 heavy (non-hydrogen) atoms. The Hall–Kier alpha value is -2.42. The van der Waals surface area contributed by atoms with Crippen molar-refractivity contribution in [2.45, 2.75) is 18.6 Å². The number of hydrogen-bond acceptors (Lipinski definition) is 6. The summed E-state index contributed by atoms with van der Waals surface area (Å²) in [6, 6.07) is 11.8. The van der Waals surface area contributed by atoms with Crippen LogP contribution in [-0.2, 0) is 6.54 Å². The number of carbonyl (C=O) groups is 1. The molecule has 0 bridgehead atoms. The number of hydrogen-bond donors (Lipinski definition) is 1. The number of thiophene rings is 1. The van der Waals surface area contributed by atoms with Crippen molar-refractivity contribution in [3.05, 3.63) is 58.5 Å². The SMILES string of the molecule is Cc1nc(-c2cccs2)sc1C(=O)Nc1cccc(-c2cn3c(n2)SCC3)c1. The Balaban J connectivity index is 1.38. The number of thiazole rings is 1. The van der Waals surface area contributed by atoms with Crippen LogP contribution in [0.5, 0.6) is 0 Å². The topological polar surface area (TPSA) is 59.8 Å². The third-order valence-corrected chi connectivity index (χ3v) is 7.62. The van der Waals surface area contributed by atoms with Gasteiger partial charge in [0.1, 0.15) is 9.88 Å². The third-order valence-electron chi connectivity index (χ3n) is 4.45. The van der Waals surface area contributed by atoms with Crippen molar-refractivity contribution in [2.24, 2.45) is 0 Å². The molecule has 0 aliphatic carbocycles. The largest absolute Gasteiger partial charge is 0.325 e. The Morgan fingerprint density at radius 2 is 2.14 bits per heavy atom. The first-order valence-corrected chi connectivity index (χ1v) is 11.5. The van der Waals surface area contributed by atoms with Crippen LogP contribution in [0.2, 0.25) is 0 Å². The maximum atomic E-state index is 12.8. The first kappa shape index (κ1) is 17.7. The number of aromatic nitrogens is 3. The van der Waals surface area contributed by atoms with Gasteiger partial charge < -0.3 is 9.88 Å². The summed E-state index contributed by atoms with van der Waals surface area (Å²) in [5.74, 6) is 0.957. The van der Waals surface area contributed by atoms with E-state index in [9.17, 15) is 4.79 Å². The van der Waals surface area contributed by atoms with Crippen molar-refractivity contribution in [1.29, 1.82) is 0 Å². The molecular formula is C20H16N4OS3. The minimum Gasteiger partial charge on any atom is -0.325 e. The van der Waals surface area contributed by atoms with Gasteiger partial charge in [0.15, 0.2) is 5.16 Å². The van der Waals surface area contributed by atoms with E-state index in [0.29, 0.717) is 4.88 Å². The number of amides is 1. The number of carbonyl (C=O) groups excluding carboxylic acids is 1. The summed E-state index contributed by atoms with van der Waals surface area (Å²) >= 11 is 4.83. The quantitative estimate of drug-likeness (QED) is 0.476. The lowest BCUT2D eigenvalue weighted by Gasteiger charge is -2.06. The number of benzene rings is 1. The molecule has 5 nitrogen and oxygen atoms in total. The van der Waals surface area contributed by atoms with Gasteiger partial charge >= 0.3 is 0 Å². The number of nitrogens with zero attached hydrogens (tertiary/aromatic N) is 3. The predicted molar refractivity (Wildman–Crippen MR) is 117 cm³/mol. The summed E-state index contributed by atoms with van der Waals surface area (Å²) < 4.78 is 2.18. The van der Waals surface area contributed by atoms with E-state index in [2.05, 4.69) is 21.1 Å². The average molecular weight is 425 g/mol. The molecular weight excluding hydrogens is 408 g/mol. The zero-order chi connectivity index (χ0) is 19.1. The molecule has 0 unspecified atom stereocenters. The van der Waals surface area contributed by atoms with E-state index in [1.807, 2.05) is 48.7 Å². The molecule has 1 aliphatic heterocycles. The molecule has 8 heteroatoms. The van der Waals surface area contributed by atoms with E-state index in [-0.39, 0.29) is 5.91 Å². The van der Waals surface area contributed by atoms with E-state index in [4.69, 9.17) is 4.98 Å². The third kappa shape index (κ3) is 3.28. The van der Waals surface area contributed by atoms with Crippen molar-refractivity contribution in [1.82, 2.24) is 14.5 Å². The molecule has 1 amide bonds. The van der Waals surface area contributed by atoms with Crippen LogP contribution in [0.1, 0.15) is 15.4 Å². The van der Waals surface area contributed by atoms with Crippen LogP contribution in [0.4, 0.5) is 5.69 Å². The van der Waals surface area contributed by atoms with Gasteiger partial charge in [0.2, 0.25) is 0 Å². The second-order valence-electron chi connectivity index (χ2n) is 6.40. The zero-order valence-electron chi connectivity index (χ0n) is 15.0. The number of anilines is 1. The molecule has 0 saturated heterocycles. The van der Waals surface area contributed by atoms with Gasteiger partial charge in [0, 0.05) is 29.7 Å². The molecule has 0 saturated carbocycles. The van der Waals surface area contributed by atoms with E-state index >= 15 is 0 Å². The van der Waals surface area contributed by atoms with Crippen molar-refractivity contribution in [2.75, 3.05) is 11.1 Å². The van der Waals surface area contributed by atoms with Crippen LogP contribution in [0.25, 0.3) is 21.1 Å². The minimum absolute atomic E-state index is 0.127. The summed E-state index contributed by atoms with van der Waals surface area (Å²) in [4.78, 5) is 23.8. The highest BCUT2D eigenvalue weighted by atomic mass is 32.2. The lowest BCUT2D eigenvalue weighted by molar-refractivity contribution is 0.103. The summed E-state index contributed by atoms with van der Waals surface area (Å²) in [5, 5.41) is 6.97. The van der Waals surface area contributed by atoms with Crippen LogP contribution in [0.3, 0.4) is 0 Å². The maximum Gasteiger partial charge on any atom is 0.267 e. The Kier molecular flexibility index (Phi) is 4.54. The van der Waals surface area contributed by atoms with Gasteiger partial charge in [-0.25, -0.2) is 9.97 Å². The summed E-state index contributed by atoms with van der Waals surface area (Å²) in [5.41, 5.74) is 3.45. The van der Waals surface area contributed by atoms with Crippen molar-refractivity contribution < 1.29 is 4.79 Å². The number of fused-ring (bicyclic) bond motifs is 1. The van der Waals surface area contributed by atoms with Gasteiger partial charge in [0.05, 0.1) is 16.3 Å². The van der Waals surface area contributed by atoms with Crippen LogP contribution in [-0.4, -0.2) is 26.2 Å². The number of aryl methyl sites for hydroxylation is 2. The maximum absolute atomic E-state index is 12.8. The molecule has 5 rings (SSSR count). The van der Waals surface area contributed by atoms with Crippen LogP contribution < -0.4 is 5.32 Å². The molecule has 4 heterocycles. The molecule has 1 N–H and O–H groups in total. The van der Waals surface area contributed by atoms with Gasteiger partial charge in [-0.15, -0.1) is 22.7 Å². The van der Waals surface area contributed by atoms with E-state index in [0.717, 1.165) is 50.0 Å². The second-order valence-corrected chi connectivity index (χ2v) is 9.41. The lowest BCUT2D eigenvalue weighted by Crippen LogP contribution is -2.11. The normalized spacial score (nSPS) is 12.9. The smallest absolute Gasteiger partial charge is 0.267 e. The van der Waals surface area contributed by atoms with Gasteiger partial charge in [-0.05, 0) is 30.5 Å². The minimum atomic E-state index is -0.127. The number of rotatable bonds is 4. The van der Waals surface area contributed by atoms with Crippen molar-refractivity contribution in [3.63, 3.8) is 0 Å². The van der Waals surface area contributed by atoms with E-state index in [1.165, 1.54) is 11.3 Å². The second kappa shape index (κ2) is 7.20. The van der Waals surface area contributed by atoms with Crippen LogP contribution >= 0.6 is 34.4 Å². The molecule has 1 aromatic carbocycles. The summed E-state index contributed by atoms with van der Waals surface area (Å²) in [6.07, 6.45) is 2.08. The van der Waals surface area contributed by atoms with E-state index < -0.39 is 0 Å². The monoisotopic (exact) mass is 424 g/mol. The van der Waals surface area contributed by atoms with Gasteiger partial charge in [-0.2, -0.15) is 0 Å². The predicted octanol–water partition coefficient (Wildman–Crippen LogP) is 5.40.